The first-order valence-corrected chi connectivity index (χ1v) is 10.2. The van der Waals surface area contributed by atoms with Crippen molar-refractivity contribution >= 4 is 15.7 Å². The fraction of sp³-hybridized carbons (Fsp3) is 0.611. The van der Waals surface area contributed by atoms with Gasteiger partial charge in [-0.3, -0.25) is 4.79 Å². The standard InChI is InChI=1S/C18H28N2O4S/c1-13-16(19-9-11-24-13)17(21)20-10-12-25(22,23)15-7-5-14(6-8-15)18(2,3)4/h5-8,13,16,19H,9-12H2,1-4H3,(H,20,21)/t13-,16+/m1/s1. The Morgan fingerprint density at radius 2 is 1.92 bits per heavy atom. The van der Waals surface area contributed by atoms with E-state index in [2.05, 4.69) is 31.4 Å². The van der Waals surface area contributed by atoms with Crippen LogP contribution in [0.3, 0.4) is 0 Å². The Hall–Kier alpha value is -1.44. The smallest absolute Gasteiger partial charge is 0.239 e. The second-order valence-electron chi connectivity index (χ2n) is 7.39. The van der Waals surface area contributed by atoms with E-state index in [1.54, 1.807) is 12.1 Å². The maximum absolute atomic E-state index is 12.4. The van der Waals surface area contributed by atoms with Gasteiger partial charge < -0.3 is 15.4 Å². The van der Waals surface area contributed by atoms with E-state index < -0.39 is 15.9 Å². The number of morpholine rings is 1. The number of hydrogen-bond donors (Lipinski definition) is 2. The van der Waals surface area contributed by atoms with Crippen LogP contribution in [-0.2, 0) is 24.8 Å². The molecule has 1 heterocycles. The molecule has 0 radical (unpaired) electrons. The summed E-state index contributed by atoms with van der Waals surface area (Å²) in [6, 6.07) is 6.52. The number of rotatable bonds is 5. The molecule has 2 N–H and O–H groups in total. The molecule has 140 valence electrons. The number of nitrogens with one attached hydrogen (secondary N) is 2. The molecule has 0 bridgehead atoms. The maximum atomic E-state index is 12.4. The van der Waals surface area contributed by atoms with E-state index in [0.29, 0.717) is 13.2 Å². The van der Waals surface area contributed by atoms with Crippen LogP contribution in [0.25, 0.3) is 0 Å². The fourth-order valence-electron chi connectivity index (χ4n) is 2.73. The molecule has 1 aliphatic heterocycles. The van der Waals surface area contributed by atoms with Gasteiger partial charge in [0.25, 0.3) is 0 Å². The Kier molecular flexibility index (Phi) is 6.24. The van der Waals surface area contributed by atoms with Gasteiger partial charge in [-0.15, -0.1) is 0 Å². The molecule has 0 spiro atoms. The molecule has 0 aliphatic carbocycles. The number of hydrogen-bond acceptors (Lipinski definition) is 5. The molecule has 1 aromatic rings. The normalized spacial score (nSPS) is 21.8. The summed E-state index contributed by atoms with van der Waals surface area (Å²) < 4.78 is 30.3. The lowest BCUT2D eigenvalue weighted by molar-refractivity contribution is -0.128. The van der Waals surface area contributed by atoms with E-state index >= 15 is 0 Å². The van der Waals surface area contributed by atoms with Crippen molar-refractivity contribution in [2.75, 3.05) is 25.4 Å². The number of benzene rings is 1. The molecule has 6 nitrogen and oxygen atoms in total. The van der Waals surface area contributed by atoms with Crippen LogP contribution in [-0.4, -0.2) is 51.9 Å². The lowest BCUT2D eigenvalue weighted by Crippen LogP contribution is -2.55. The van der Waals surface area contributed by atoms with Crippen molar-refractivity contribution in [1.82, 2.24) is 10.6 Å². The highest BCUT2D eigenvalue weighted by molar-refractivity contribution is 7.91. The number of amides is 1. The molecule has 2 atom stereocenters. The Balaban J connectivity index is 1.92. The zero-order valence-corrected chi connectivity index (χ0v) is 16.2. The van der Waals surface area contributed by atoms with Crippen molar-refractivity contribution < 1.29 is 17.9 Å². The van der Waals surface area contributed by atoms with Gasteiger partial charge in [0.1, 0.15) is 6.04 Å². The highest BCUT2D eigenvalue weighted by atomic mass is 32.2. The minimum Gasteiger partial charge on any atom is -0.375 e. The zero-order chi connectivity index (χ0) is 18.7. The second-order valence-corrected chi connectivity index (χ2v) is 9.50. The van der Waals surface area contributed by atoms with Crippen molar-refractivity contribution in [2.45, 2.75) is 50.2 Å². The lowest BCUT2D eigenvalue weighted by Gasteiger charge is -2.29. The quantitative estimate of drug-likeness (QED) is 0.817. The van der Waals surface area contributed by atoms with Crippen LogP contribution < -0.4 is 10.6 Å². The van der Waals surface area contributed by atoms with E-state index in [0.717, 1.165) is 5.56 Å². The van der Waals surface area contributed by atoms with Crippen molar-refractivity contribution in [3.05, 3.63) is 29.8 Å². The Bertz CT molecular complexity index is 693. The van der Waals surface area contributed by atoms with Gasteiger partial charge in [0.2, 0.25) is 5.91 Å². The van der Waals surface area contributed by atoms with Gasteiger partial charge in [-0.05, 0) is 30.0 Å². The molecule has 1 fully saturated rings. The molecule has 2 rings (SSSR count). The van der Waals surface area contributed by atoms with E-state index in [9.17, 15) is 13.2 Å². The van der Waals surface area contributed by atoms with E-state index in [4.69, 9.17) is 4.74 Å². The summed E-state index contributed by atoms with van der Waals surface area (Å²) in [4.78, 5) is 12.4. The molecule has 1 amide bonds. The first kappa shape index (κ1) is 19.9. The van der Waals surface area contributed by atoms with Gasteiger partial charge in [0.05, 0.1) is 23.4 Å². The summed E-state index contributed by atoms with van der Waals surface area (Å²) in [5.41, 5.74) is 1.05. The van der Waals surface area contributed by atoms with Gasteiger partial charge in [0, 0.05) is 13.1 Å². The van der Waals surface area contributed by atoms with Crippen molar-refractivity contribution in [1.29, 1.82) is 0 Å². The summed E-state index contributed by atoms with van der Waals surface area (Å²) in [7, 11) is -3.43. The monoisotopic (exact) mass is 368 g/mol. The topological polar surface area (TPSA) is 84.5 Å². The Labute approximate surface area is 150 Å². The van der Waals surface area contributed by atoms with Crippen LogP contribution in [0, 0.1) is 0 Å². The summed E-state index contributed by atoms with van der Waals surface area (Å²) in [6.45, 7) is 9.32. The molecule has 0 unspecified atom stereocenters. The third-order valence-corrected chi connectivity index (χ3v) is 6.08. The largest absolute Gasteiger partial charge is 0.375 e. The molecule has 7 heteroatoms. The highest BCUT2D eigenvalue weighted by Crippen LogP contribution is 2.23. The van der Waals surface area contributed by atoms with Crippen LogP contribution in [0.2, 0.25) is 0 Å². The molecular weight excluding hydrogens is 340 g/mol. The average Bonchev–Trinajstić information content (AvgIpc) is 2.54. The van der Waals surface area contributed by atoms with Crippen molar-refractivity contribution in [3.8, 4) is 0 Å². The maximum Gasteiger partial charge on any atom is 0.239 e. The predicted octanol–water partition coefficient (Wildman–Crippen LogP) is 1.25. The zero-order valence-electron chi connectivity index (χ0n) is 15.3. The van der Waals surface area contributed by atoms with Gasteiger partial charge in [-0.2, -0.15) is 0 Å². The number of carbonyl (C=O) groups is 1. The SMILES string of the molecule is C[C@H]1OCCN[C@@H]1C(=O)NCCS(=O)(=O)c1ccc(C(C)(C)C)cc1. The van der Waals surface area contributed by atoms with Gasteiger partial charge >= 0.3 is 0 Å². The first-order valence-electron chi connectivity index (χ1n) is 8.57. The molecule has 1 saturated heterocycles. The summed E-state index contributed by atoms with van der Waals surface area (Å²) in [5.74, 6) is -0.360. The summed E-state index contributed by atoms with van der Waals surface area (Å²) >= 11 is 0. The van der Waals surface area contributed by atoms with Gasteiger partial charge in [-0.1, -0.05) is 32.9 Å². The molecule has 1 aliphatic rings. The molecular formula is C18H28N2O4S. The Morgan fingerprint density at radius 1 is 1.28 bits per heavy atom. The van der Waals surface area contributed by atoms with Crippen LogP contribution in [0.4, 0.5) is 0 Å². The number of carbonyl (C=O) groups excluding carboxylic acids is 1. The summed E-state index contributed by atoms with van der Waals surface area (Å²) in [6.07, 6.45) is -0.227. The van der Waals surface area contributed by atoms with E-state index in [-0.39, 0.29) is 34.6 Å². The third-order valence-electron chi connectivity index (χ3n) is 4.35. The van der Waals surface area contributed by atoms with Crippen LogP contribution in [0.1, 0.15) is 33.3 Å². The highest BCUT2D eigenvalue weighted by Gasteiger charge is 2.28. The minimum absolute atomic E-state index is 0.0258. The molecule has 0 saturated carbocycles. The lowest BCUT2D eigenvalue weighted by atomic mass is 9.87. The van der Waals surface area contributed by atoms with E-state index in [1.807, 2.05) is 19.1 Å². The molecule has 0 aromatic heterocycles. The summed E-state index contributed by atoms with van der Waals surface area (Å²) in [5, 5.41) is 5.77. The minimum atomic E-state index is -3.43. The van der Waals surface area contributed by atoms with Crippen LogP contribution >= 0.6 is 0 Å². The fourth-order valence-corrected chi connectivity index (χ4v) is 3.88. The van der Waals surface area contributed by atoms with Gasteiger partial charge in [-0.25, -0.2) is 8.42 Å². The number of sulfone groups is 1. The van der Waals surface area contributed by atoms with Crippen molar-refractivity contribution in [2.24, 2.45) is 0 Å². The van der Waals surface area contributed by atoms with Crippen molar-refractivity contribution in [3.63, 3.8) is 0 Å². The van der Waals surface area contributed by atoms with Crippen LogP contribution in [0.15, 0.2) is 29.2 Å². The van der Waals surface area contributed by atoms with Gasteiger partial charge in [0.15, 0.2) is 9.84 Å². The average molecular weight is 368 g/mol. The first-order chi connectivity index (χ1) is 11.6. The molecule has 25 heavy (non-hydrogen) atoms. The second kappa shape index (κ2) is 7.85. The number of ether oxygens (including phenoxy) is 1. The predicted molar refractivity (Wildman–Crippen MR) is 97.4 cm³/mol. The Morgan fingerprint density at radius 3 is 2.48 bits per heavy atom. The van der Waals surface area contributed by atoms with Crippen LogP contribution in [0.5, 0.6) is 0 Å². The third kappa shape index (κ3) is 5.26. The van der Waals surface area contributed by atoms with E-state index in [1.165, 1.54) is 0 Å². The molecule has 1 aromatic carbocycles.